The third-order valence-electron chi connectivity index (χ3n) is 5.31. The molecular weight excluding hydrogens is 418 g/mol. The molecule has 0 saturated heterocycles. The van der Waals surface area contributed by atoms with E-state index in [-0.39, 0.29) is 11.8 Å². The highest BCUT2D eigenvalue weighted by molar-refractivity contribution is 5.94. The number of aromatic nitrogens is 1. The Hall–Kier alpha value is -3.87. The molecule has 1 aliphatic rings. The number of benzene rings is 2. The third-order valence-corrected chi connectivity index (χ3v) is 5.31. The Morgan fingerprint density at radius 1 is 1.00 bits per heavy atom. The van der Waals surface area contributed by atoms with Gasteiger partial charge in [-0.05, 0) is 53.8 Å². The number of anilines is 1. The summed E-state index contributed by atoms with van der Waals surface area (Å²) in [5.74, 6) is 1.30. The first-order valence-electron chi connectivity index (χ1n) is 11.1. The van der Waals surface area contributed by atoms with Gasteiger partial charge in [-0.25, -0.2) is 4.98 Å². The SMILES string of the molecule is O=C(CCCOc1ccc2c(c1)CCC(=O)N2)NCc1ccnc(OCc2ccccc2)c1. The number of carbonyl (C=O) groups is 2. The summed E-state index contributed by atoms with van der Waals surface area (Å²) in [5.41, 5.74) is 3.93. The van der Waals surface area contributed by atoms with Crippen molar-refractivity contribution in [2.45, 2.75) is 38.8 Å². The second-order valence-electron chi connectivity index (χ2n) is 7.87. The fourth-order valence-electron chi connectivity index (χ4n) is 3.53. The van der Waals surface area contributed by atoms with E-state index in [1.54, 1.807) is 6.20 Å². The van der Waals surface area contributed by atoms with Crippen LogP contribution in [0.15, 0.2) is 66.9 Å². The van der Waals surface area contributed by atoms with Gasteiger partial charge in [-0.15, -0.1) is 0 Å². The minimum absolute atomic E-state index is 0.0321. The van der Waals surface area contributed by atoms with E-state index >= 15 is 0 Å². The number of nitrogens with one attached hydrogen (secondary N) is 2. The topological polar surface area (TPSA) is 89.6 Å². The van der Waals surface area contributed by atoms with E-state index < -0.39 is 0 Å². The summed E-state index contributed by atoms with van der Waals surface area (Å²) in [6.45, 7) is 1.31. The van der Waals surface area contributed by atoms with Crippen molar-refractivity contribution in [1.82, 2.24) is 10.3 Å². The Labute approximate surface area is 193 Å². The van der Waals surface area contributed by atoms with Crippen LogP contribution in [-0.2, 0) is 29.2 Å². The van der Waals surface area contributed by atoms with Crippen molar-refractivity contribution in [2.75, 3.05) is 11.9 Å². The number of carbonyl (C=O) groups excluding carboxylic acids is 2. The Kier molecular flexibility index (Phi) is 7.53. The molecular formula is C26H27N3O4. The predicted molar refractivity (Wildman–Crippen MR) is 125 cm³/mol. The normalized spacial score (nSPS) is 12.4. The van der Waals surface area contributed by atoms with Crippen molar-refractivity contribution < 1.29 is 19.1 Å². The zero-order valence-corrected chi connectivity index (χ0v) is 18.4. The summed E-state index contributed by atoms with van der Waals surface area (Å²) in [7, 11) is 0. The van der Waals surface area contributed by atoms with E-state index in [9.17, 15) is 9.59 Å². The molecule has 0 unspecified atom stereocenters. The van der Waals surface area contributed by atoms with E-state index in [2.05, 4.69) is 15.6 Å². The Morgan fingerprint density at radius 2 is 1.88 bits per heavy atom. The van der Waals surface area contributed by atoms with E-state index in [1.807, 2.05) is 60.7 Å². The van der Waals surface area contributed by atoms with Crippen LogP contribution >= 0.6 is 0 Å². The van der Waals surface area contributed by atoms with E-state index in [0.29, 0.717) is 44.9 Å². The second-order valence-corrected chi connectivity index (χ2v) is 7.87. The van der Waals surface area contributed by atoms with E-state index in [1.165, 1.54) is 0 Å². The average Bonchev–Trinajstić information content (AvgIpc) is 2.85. The molecule has 0 aliphatic carbocycles. The van der Waals surface area contributed by atoms with Gasteiger partial charge in [0.05, 0.1) is 6.61 Å². The molecule has 2 heterocycles. The second kappa shape index (κ2) is 11.1. The lowest BCUT2D eigenvalue weighted by molar-refractivity contribution is -0.121. The molecule has 3 aromatic rings. The molecule has 170 valence electrons. The van der Waals surface area contributed by atoms with Crippen molar-refractivity contribution in [3.8, 4) is 11.6 Å². The molecule has 0 spiro atoms. The van der Waals surface area contributed by atoms with Gasteiger partial charge < -0.3 is 20.1 Å². The van der Waals surface area contributed by atoms with Gasteiger partial charge in [0, 0.05) is 37.3 Å². The first kappa shape index (κ1) is 22.3. The number of ether oxygens (including phenoxy) is 2. The van der Waals surface area contributed by atoms with Crippen molar-refractivity contribution in [1.29, 1.82) is 0 Å². The van der Waals surface area contributed by atoms with E-state index in [0.717, 1.165) is 34.5 Å². The fourth-order valence-corrected chi connectivity index (χ4v) is 3.53. The summed E-state index contributed by atoms with van der Waals surface area (Å²) < 4.78 is 11.5. The quantitative estimate of drug-likeness (QED) is 0.460. The van der Waals surface area contributed by atoms with Crippen LogP contribution in [0.1, 0.15) is 36.0 Å². The molecule has 0 atom stereocenters. The molecule has 0 saturated carbocycles. The van der Waals surface area contributed by atoms with Gasteiger partial charge >= 0.3 is 0 Å². The van der Waals surface area contributed by atoms with Crippen LogP contribution in [-0.4, -0.2) is 23.4 Å². The highest BCUT2D eigenvalue weighted by Gasteiger charge is 2.15. The van der Waals surface area contributed by atoms with Crippen LogP contribution in [0, 0.1) is 0 Å². The number of rotatable bonds is 10. The Balaban J connectivity index is 1.15. The monoisotopic (exact) mass is 445 g/mol. The number of aryl methyl sites for hydroxylation is 1. The van der Waals surface area contributed by atoms with Crippen LogP contribution in [0.2, 0.25) is 0 Å². The highest BCUT2D eigenvalue weighted by Crippen LogP contribution is 2.26. The number of hydrogen-bond acceptors (Lipinski definition) is 5. The lowest BCUT2D eigenvalue weighted by atomic mass is 10.0. The van der Waals surface area contributed by atoms with Gasteiger partial charge in [-0.2, -0.15) is 0 Å². The van der Waals surface area contributed by atoms with Crippen LogP contribution in [0.4, 0.5) is 5.69 Å². The predicted octanol–water partition coefficient (Wildman–Crippen LogP) is 4.02. The molecule has 2 N–H and O–H groups in total. The van der Waals surface area contributed by atoms with E-state index in [4.69, 9.17) is 9.47 Å². The Bertz CT molecular complexity index is 1100. The minimum atomic E-state index is -0.0321. The lowest BCUT2D eigenvalue weighted by Crippen LogP contribution is -2.23. The summed E-state index contributed by atoms with van der Waals surface area (Å²) in [6.07, 6.45) is 3.88. The van der Waals surface area contributed by atoms with Crippen molar-refractivity contribution in [2.24, 2.45) is 0 Å². The van der Waals surface area contributed by atoms with Crippen LogP contribution < -0.4 is 20.1 Å². The molecule has 4 rings (SSSR count). The summed E-state index contributed by atoms with van der Waals surface area (Å²) >= 11 is 0. The maximum Gasteiger partial charge on any atom is 0.224 e. The van der Waals surface area contributed by atoms with Gasteiger partial charge in [0.2, 0.25) is 17.7 Å². The van der Waals surface area contributed by atoms with Crippen LogP contribution in [0.25, 0.3) is 0 Å². The first-order chi connectivity index (χ1) is 16.2. The van der Waals surface area contributed by atoms with Crippen LogP contribution in [0.3, 0.4) is 0 Å². The molecule has 0 radical (unpaired) electrons. The number of nitrogens with zero attached hydrogens (tertiary/aromatic N) is 1. The number of hydrogen-bond donors (Lipinski definition) is 2. The molecule has 0 bridgehead atoms. The number of fused-ring (bicyclic) bond motifs is 1. The third kappa shape index (κ3) is 6.80. The minimum Gasteiger partial charge on any atom is -0.494 e. The average molecular weight is 446 g/mol. The lowest BCUT2D eigenvalue weighted by Gasteiger charge is -2.17. The molecule has 2 aromatic carbocycles. The zero-order chi connectivity index (χ0) is 22.9. The van der Waals surface area contributed by atoms with Gasteiger partial charge in [0.25, 0.3) is 0 Å². The van der Waals surface area contributed by atoms with Crippen molar-refractivity contribution in [3.05, 3.63) is 83.6 Å². The standard InChI is InChI=1S/C26H27N3O4/c30-24(7-4-14-32-22-9-10-23-21(16-22)8-11-25(31)29-23)28-17-20-12-13-27-26(15-20)33-18-19-5-2-1-3-6-19/h1-3,5-6,9-10,12-13,15-16H,4,7-8,11,14,17-18H2,(H,28,30)(H,29,31). The number of amides is 2. The zero-order valence-electron chi connectivity index (χ0n) is 18.4. The molecule has 0 fully saturated rings. The smallest absolute Gasteiger partial charge is 0.224 e. The Morgan fingerprint density at radius 3 is 2.76 bits per heavy atom. The van der Waals surface area contributed by atoms with Gasteiger partial charge in [0.1, 0.15) is 12.4 Å². The first-order valence-corrected chi connectivity index (χ1v) is 11.1. The summed E-state index contributed by atoms with van der Waals surface area (Å²) in [4.78, 5) is 27.9. The molecule has 7 heteroatoms. The van der Waals surface area contributed by atoms with Crippen LogP contribution in [0.5, 0.6) is 11.6 Å². The highest BCUT2D eigenvalue weighted by atomic mass is 16.5. The fraction of sp³-hybridized carbons (Fsp3) is 0.269. The van der Waals surface area contributed by atoms with Gasteiger partial charge in [0.15, 0.2) is 0 Å². The van der Waals surface area contributed by atoms with Crippen molar-refractivity contribution in [3.63, 3.8) is 0 Å². The number of pyridine rings is 1. The van der Waals surface area contributed by atoms with Gasteiger partial charge in [-0.3, -0.25) is 9.59 Å². The molecule has 1 aliphatic heterocycles. The summed E-state index contributed by atoms with van der Waals surface area (Å²) in [6, 6.07) is 19.3. The largest absolute Gasteiger partial charge is 0.494 e. The maximum absolute atomic E-state index is 12.2. The summed E-state index contributed by atoms with van der Waals surface area (Å²) in [5, 5.41) is 5.78. The van der Waals surface area contributed by atoms with Gasteiger partial charge in [-0.1, -0.05) is 30.3 Å². The maximum atomic E-state index is 12.2. The van der Waals surface area contributed by atoms with Crippen molar-refractivity contribution >= 4 is 17.5 Å². The molecule has 2 amide bonds. The molecule has 7 nitrogen and oxygen atoms in total. The molecule has 1 aromatic heterocycles. The molecule has 33 heavy (non-hydrogen) atoms.